The summed E-state index contributed by atoms with van der Waals surface area (Å²) < 4.78 is 5.99. The molecule has 0 N–H and O–H groups in total. The molecule has 1 saturated heterocycles. The Bertz CT molecular complexity index is 1260. The molecule has 2 aromatic heterocycles. The average molecular weight is 519 g/mol. The smallest absolute Gasteiger partial charge is 0.267 e. The fourth-order valence-electron chi connectivity index (χ4n) is 4.00. The van der Waals surface area contributed by atoms with Crippen LogP contribution in [0.2, 0.25) is 10.0 Å². The number of benzene rings is 1. The van der Waals surface area contributed by atoms with E-state index in [1.165, 1.54) is 29.5 Å². The Balaban J connectivity index is 1.45. The number of amidine groups is 1. The number of rotatable bonds is 4. The second-order valence-corrected chi connectivity index (χ2v) is 10.9. The summed E-state index contributed by atoms with van der Waals surface area (Å²) in [6.07, 6.45) is 7.19. The molecule has 2 fully saturated rings. The molecule has 5 rings (SSSR count). The van der Waals surface area contributed by atoms with Gasteiger partial charge in [-0.15, -0.1) is 10.2 Å². The molecule has 1 aliphatic heterocycles. The van der Waals surface area contributed by atoms with Crippen LogP contribution in [0.15, 0.2) is 44.6 Å². The van der Waals surface area contributed by atoms with Crippen LogP contribution in [-0.4, -0.2) is 32.2 Å². The van der Waals surface area contributed by atoms with Crippen LogP contribution in [0, 0.1) is 6.92 Å². The minimum absolute atomic E-state index is 0.0422. The first-order valence-corrected chi connectivity index (χ1v) is 13.0. The van der Waals surface area contributed by atoms with E-state index in [1.807, 2.05) is 30.0 Å². The van der Waals surface area contributed by atoms with Gasteiger partial charge in [-0.3, -0.25) is 9.69 Å². The van der Waals surface area contributed by atoms with Crippen LogP contribution in [0.1, 0.15) is 42.9 Å². The molecular formula is C23H20Cl2N4O2S2. The van der Waals surface area contributed by atoms with Gasteiger partial charge in [-0.25, -0.2) is 0 Å². The number of nitrogens with zero attached hydrogens (tertiary/aromatic N) is 4. The zero-order valence-electron chi connectivity index (χ0n) is 17.8. The van der Waals surface area contributed by atoms with Crippen molar-refractivity contribution in [3.8, 4) is 11.3 Å². The monoisotopic (exact) mass is 518 g/mol. The number of hydrogen-bond donors (Lipinski definition) is 0. The first-order valence-electron chi connectivity index (χ1n) is 10.6. The molecule has 0 spiro atoms. The van der Waals surface area contributed by atoms with Gasteiger partial charge in [0.2, 0.25) is 5.13 Å². The third kappa shape index (κ3) is 4.89. The Labute approximate surface area is 209 Å². The maximum Gasteiger partial charge on any atom is 0.267 e. The number of carbonyl (C=O) groups is 1. The van der Waals surface area contributed by atoms with E-state index in [1.54, 1.807) is 18.2 Å². The Hall–Kier alpha value is -2.13. The molecule has 0 bridgehead atoms. The average Bonchev–Trinajstić information content (AvgIpc) is 3.51. The first-order chi connectivity index (χ1) is 16.0. The van der Waals surface area contributed by atoms with Crippen molar-refractivity contribution < 1.29 is 9.21 Å². The van der Waals surface area contributed by atoms with Gasteiger partial charge in [0, 0.05) is 17.7 Å². The summed E-state index contributed by atoms with van der Waals surface area (Å²) in [6.45, 7) is 1.89. The second-order valence-electron chi connectivity index (χ2n) is 7.91. The van der Waals surface area contributed by atoms with E-state index < -0.39 is 0 Å². The zero-order valence-corrected chi connectivity index (χ0v) is 20.9. The van der Waals surface area contributed by atoms with Gasteiger partial charge in [0.15, 0.2) is 5.17 Å². The van der Waals surface area contributed by atoms with E-state index >= 15 is 0 Å². The summed E-state index contributed by atoms with van der Waals surface area (Å²) in [5.74, 6) is 1.20. The SMILES string of the molecule is Cc1nnc(/N=C2/S/C(=C/c3ccc(-c4ccc(Cl)c(Cl)c4)o3)C(=O)N2C2CCCCC2)s1. The van der Waals surface area contributed by atoms with Crippen molar-refractivity contribution in [2.24, 2.45) is 4.99 Å². The largest absolute Gasteiger partial charge is 0.457 e. The van der Waals surface area contributed by atoms with E-state index in [2.05, 4.69) is 15.2 Å². The van der Waals surface area contributed by atoms with Crippen molar-refractivity contribution in [2.45, 2.75) is 45.1 Å². The lowest BCUT2D eigenvalue weighted by Crippen LogP contribution is -2.40. The van der Waals surface area contributed by atoms with Gasteiger partial charge in [0.1, 0.15) is 16.5 Å². The summed E-state index contributed by atoms with van der Waals surface area (Å²) >= 11 is 14.9. The molecule has 3 aromatic rings. The van der Waals surface area contributed by atoms with E-state index in [0.29, 0.717) is 36.8 Å². The number of aryl methyl sites for hydroxylation is 1. The molecule has 0 atom stereocenters. The molecule has 33 heavy (non-hydrogen) atoms. The lowest BCUT2D eigenvalue weighted by atomic mass is 9.94. The van der Waals surface area contributed by atoms with Crippen LogP contribution in [0.25, 0.3) is 17.4 Å². The van der Waals surface area contributed by atoms with Crippen LogP contribution < -0.4 is 0 Å². The molecule has 3 heterocycles. The highest BCUT2D eigenvalue weighted by molar-refractivity contribution is 8.18. The molecule has 0 radical (unpaired) electrons. The van der Waals surface area contributed by atoms with Crippen LogP contribution >= 0.6 is 46.3 Å². The number of halogens is 2. The number of furan rings is 1. The summed E-state index contributed by atoms with van der Waals surface area (Å²) in [5, 5.41) is 11.2. The van der Waals surface area contributed by atoms with Crippen molar-refractivity contribution in [1.29, 1.82) is 0 Å². The fourth-order valence-corrected chi connectivity index (χ4v) is 5.94. The van der Waals surface area contributed by atoms with Crippen molar-refractivity contribution in [1.82, 2.24) is 15.1 Å². The quantitative estimate of drug-likeness (QED) is 0.337. The number of thioether (sulfide) groups is 1. The highest BCUT2D eigenvalue weighted by Crippen LogP contribution is 2.39. The summed E-state index contributed by atoms with van der Waals surface area (Å²) in [5.41, 5.74) is 0.817. The van der Waals surface area contributed by atoms with Gasteiger partial charge in [0.05, 0.1) is 15.0 Å². The fraction of sp³-hybridized carbons (Fsp3) is 0.304. The van der Waals surface area contributed by atoms with Crippen molar-refractivity contribution >= 4 is 68.6 Å². The van der Waals surface area contributed by atoms with Gasteiger partial charge in [0.25, 0.3) is 5.91 Å². The Morgan fingerprint density at radius 2 is 1.94 bits per heavy atom. The minimum atomic E-state index is -0.0422. The normalized spacial score (nSPS) is 19.8. The number of hydrogen-bond acceptors (Lipinski definition) is 7. The third-order valence-corrected chi connectivity index (χ3v) is 8.04. The van der Waals surface area contributed by atoms with E-state index in [4.69, 9.17) is 27.6 Å². The predicted molar refractivity (Wildman–Crippen MR) is 135 cm³/mol. The Morgan fingerprint density at radius 3 is 2.67 bits per heavy atom. The third-order valence-electron chi connectivity index (χ3n) is 5.59. The highest BCUT2D eigenvalue weighted by Gasteiger charge is 2.39. The molecule has 1 aromatic carbocycles. The summed E-state index contributed by atoms with van der Waals surface area (Å²) in [7, 11) is 0. The second kappa shape index (κ2) is 9.62. The highest BCUT2D eigenvalue weighted by atomic mass is 35.5. The molecule has 1 amide bonds. The van der Waals surface area contributed by atoms with Crippen LogP contribution in [0.3, 0.4) is 0 Å². The molecule has 10 heteroatoms. The number of aromatic nitrogens is 2. The van der Waals surface area contributed by atoms with Crippen molar-refractivity contribution in [3.05, 3.63) is 56.1 Å². The first kappa shape index (κ1) is 22.7. The lowest BCUT2D eigenvalue weighted by molar-refractivity contribution is -0.124. The van der Waals surface area contributed by atoms with Gasteiger partial charge in [-0.05, 0) is 61.9 Å². The van der Waals surface area contributed by atoms with Gasteiger partial charge >= 0.3 is 0 Å². The van der Waals surface area contributed by atoms with Crippen molar-refractivity contribution in [2.75, 3.05) is 0 Å². The molecule has 1 aliphatic carbocycles. The van der Waals surface area contributed by atoms with Gasteiger partial charge in [-0.2, -0.15) is 4.99 Å². The maximum atomic E-state index is 13.4. The lowest BCUT2D eigenvalue weighted by Gasteiger charge is -2.30. The van der Waals surface area contributed by atoms with Crippen LogP contribution in [0.4, 0.5) is 5.13 Å². The minimum Gasteiger partial charge on any atom is -0.457 e. The van der Waals surface area contributed by atoms with Gasteiger partial charge in [-0.1, -0.05) is 53.8 Å². The number of amides is 1. The number of aliphatic imine (C=N–C) groups is 1. The number of carbonyl (C=O) groups excluding carboxylic acids is 1. The van der Waals surface area contributed by atoms with Gasteiger partial charge < -0.3 is 4.42 Å². The molecule has 170 valence electrons. The van der Waals surface area contributed by atoms with Crippen molar-refractivity contribution in [3.63, 3.8) is 0 Å². The molecule has 6 nitrogen and oxygen atoms in total. The Morgan fingerprint density at radius 1 is 1.12 bits per heavy atom. The summed E-state index contributed by atoms with van der Waals surface area (Å²) in [6, 6.07) is 9.19. The molecule has 1 saturated carbocycles. The standard InChI is InChI=1S/C23H20Cl2N4O2S2/c1-13-27-28-22(32-13)26-23-29(15-5-3-2-4-6-15)21(30)20(33-23)12-16-8-10-19(31-16)14-7-9-17(24)18(25)11-14/h7-12,15H,2-6H2,1H3/b20-12+,26-23+. The van der Waals surface area contributed by atoms with Crippen LogP contribution in [0.5, 0.6) is 0 Å². The maximum absolute atomic E-state index is 13.4. The zero-order chi connectivity index (χ0) is 22.9. The van der Waals surface area contributed by atoms with E-state index in [9.17, 15) is 4.79 Å². The van der Waals surface area contributed by atoms with E-state index in [0.717, 1.165) is 36.3 Å². The molecule has 0 unspecified atom stereocenters. The molecule has 2 aliphatic rings. The van der Waals surface area contributed by atoms with Crippen LogP contribution in [-0.2, 0) is 4.79 Å². The summed E-state index contributed by atoms with van der Waals surface area (Å²) in [4.78, 5) is 20.5. The topological polar surface area (TPSA) is 71.6 Å². The predicted octanol–water partition coefficient (Wildman–Crippen LogP) is 7.35. The Kier molecular flexibility index (Phi) is 6.60. The van der Waals surface area contributed by atoms with E-state index in [-0.39, 0.29) is 11.9 Å². The molecular weight excluding hydrogens is 499 g/mol.